The van der Waals surface area contributed by atoms with Crippen molar-refractivity contribution in [3.05, 3.63) is 89.6 Å². The topological polar surface area (TPSA) is 54.0 Å². The van der Waals surface area contributed by atoms with E-state index in [2.05, 4.69) is 15.6 Å². The number of para-hydroxylation sites is 1. The molecular formula is C21H18F3N3O. The second kappa shape index (κ2) is 8.12. The molecule has 0 spiro atoms. The molecule has 2 N–H and O–H groups in total. The number of rotatable bonds is 5. The summed E-state index contributed by atoms with van der Waals surface area (Å²) in [6.07, 6.45) is -3.15. The van der Waals surface area contributed by atoms with Crippen molar-refractivity contribution in [2.75, 3.05) is 5.32 Å². The van der Waals surface area contributed by atoms with E-state index in [4.69, 9.17) is 0 Å². The molecule has 0 aliphatic carbocycles. The van der Waals surface area contributed by atoms with E-state index in [0.717, 1.165) is 11.6 Å². The molecule has 1 unspecified atom stereocenters. The number of hydrogen-bond donors (Lipinski definition) is 2. The minimum Gasteiger partial charge on any atom is -0.345 e. The molecule has 1 heterocycles. The highest BCUT2D eigenvalue weighted by atomic mass is 19.4. The minimum atomic E-state index is -4.48. The standard InChI is InChI=1S/C21H18F3N3O/c1-14(15-7-3-2-4-8-15)26-20(28)16-11-12-19(25-13-16)27-18-10-6-5-9-17(18)21(22,23)24/h2-14H,1H3,(H,25,27)(H,26,28). The normalized spacial score (nSPS) is 12.3. The molecule has 144 valence electrons. The number of aromatic nitrogens is 1. The molecule has 28 heavy (non-hydrogen) atoms. The van der Waals surface area contributed by atoms with Crippen LogP contribution in [0, 0.1) is 0 Å². The molecule has 1 atom stereocenters. The zero-order chi connectivity index (χ0) is 20.1. The number of amides is 1. The molecule has 7 heteroatoms. The Bertz CT molecular complexity index is 941. The summed E-state index contributed by atoms with van der Waals surface area (Å²) in [5.41, 5.74) is 0.399. The first kappa shape index (κ1) is 19.4. The van der Waals surface area contributed by atoms with Crippen molar-refractivity contribution < 1.29 is 18.0 Å². The van der Waals surface area contributed by atoms with Gasteiger partial charge in [-0.15, -0.1) is 0 Å². The number of halogens is 3. The van der Waals surface area contributed by atoms with Crippen molar-refractivity contribution in [2.24, 2.45) is 0 Å². The minimum absolute atomic E-state index is 0.0996. The van der Waals surface area contributed by atoms with Crippen LogP contribution in [0.3, 0.4) is 0 Å². The lowest BCUT2D eigenvalue weighted by molar-refractivity contribution is -0.136. The molecule has 1 amide bonds. The fourth-order valence-corrected chi connectivity index (χ4v) is 2.68. The van der Waals surface area contributed by atoms with Crippen LogP contribution in [-0.2, 0) is 6.18 Å². The molecule has 3 rings (SSSR count). The molecule has 0 saturated carbocycles. The van der Waals surface area contributed by atoms with Crippen LogP contribution < -0.4 is 10.6 Å². The number of carbonyl (C=O) groups excluding carboxylic acids is 1. The summed E-state index contributed by atoms with van der Waals surface area (Å²) in [4.78, 5) is 16.4. The summed E-state index contributed by atoms with van der Waals surface area (Å²) in [7, 11) is 0. The van der Waals surface area contributed by atoms with Crippen LogP contribution >= 0.6 is 0 Å². The van der Waals surface area contributed by atoms with Gasteiger partial charge in [0.1, 0.15) is 5.82 Å². The van der Waals surface area contributed by atoms with Gasteiger partial charge in [0, 0.05) is 6.20 Å². The van der Waals surface area contributed by atoms with Crippen LogP contribution in [0.4, 0.5) is 24.7 Å². The molecule has 0 bridgehead atoms. The van der Waals surface area contributed by atoms with Gasteiger partial charge in [0.2, 0.25) is 0 Å². The lowest BCUT2D eigenvalue weighted by atomic mass is 10.1. The van der Waals surface area contributed by atoms with Gasteiger partial charge in [0.15, 0.2) is 0 Å². The number of carbonyl (C=O) groups is 1. The van der Waals surface area contributed by atoms with Crippen LogP contribution in [0.2, 0.25) is 0 Å². The fraction of sp³-hybridized carbons (Fsp3) is 0.143. The number of nitrogens with zero attached hydrogens (tertiary/aromatic N) is 1. The second-order valence-electron chi connectivity index (χ2n) is 6.21. The van der Waals surface area contributed by atoms with E-state index < -0.39 is 11.7 Å². The molecule has 1 aromatic heterocycles. The molecule has 0 aliphatic heterocycles. The van der Waals surface area contributed by atoms with Crippen LogP contribution in [0.1, 0.15) is 34.5 Å². The van der Waals surface area contributed by atoms with Crippen molar-refractivity contribution in [1.29, 1.82) is 0 Å². The Morgan fingerprint density at radius 1 is 0.964 bits per heavy atom. The van der Waals surface area contributed by atoms with Crippen LogP contribution in [0.25, 0.3) is 0 Å². The van der Waals surface area contributed by atoms with E-state index in [1.54, 1.807) is 0 Å². The predicted molar refractivity (Wildman–Crippen MR) is 101 cm³/mol. The average Bonchev–Trinajstić information content (AvgIpc) is 2.69. The number of anilines is 2. The van der Waals surface area contributed by atoms with Gasteiger partial charge in [-0.25, -0.2) is 4.98 Å². The third kappa shape index (κ3) is 4.68. The third-order valence-electron chi connectivity index (χ3n) is 4.17. The van der Waals surface area contributed by atoms with Crippen molar-refractivity contribution >= 4 is 17.4 Å². The van der Waals surface area contributed by atoms with E-state index >= 15 is 0 Å². The highest BCUT2D eigenvalue weighted by Gasteiger charge is 2.33. The zero-order valence-electron chi connectivity index (χ0n) is 15.0. The molecule has 0 saturated heterocycles. The van der Waals surface area contributed by atoms with E-state index in [-0.39, 0.29) is 23.5 Å². The Kier molecular flexibility index (Phi) is 5.63. The maximum atomic E-state index is 13.1. The number of hydrogen-bond acceptors (Lipinski definition) is 3. The molecule has 3 aromatic rings. The first-order valence-electron chi connectivity index (χ1n) is 8.59. The van der Waals surface area contributed by atoms with Crippen molar-refractivity contribution in [3.8, 4) is 0 Å². The lowest BCUT2D eigenvalue weighted by Crippen LogP contribution is -2.26. The molecule has 4 nitrogen and oxygen atoms in total. The molecule has 0 aliphatic rings. The Morgan fingerprint density at radius 2 is 1.64 bits per heavy atom. The lowest BCUT2D eigenvalue weighted by Gasteiger charge is -2.15. The van der Waals surface area contributed by atoms with Gasteiger partial charge >= 0.3 is 6.18 Å². The van der Waals surface area contributed by atoms with E-state index in [1.165, 1.54) is 36.5 Å². The fourth-order valence-electron chi connectivity index (χ4n) is 2.68. The number of benzene rings is 2. The van der Waals surface area contributed by atoms with E-state index in [9.17, 15) is 18.0 Å². The van der Waals surface area contributed by atoms with Crippen molar-refractivity contribution in [2.45, 2.75) is 19.1 Å². The Morgan fingerprint density at radius 3 is 2.29 bits per heavy atom. The third-order valence-corrected chi connectivity index (χ3v) is 4.17. The largest absolute Gasteiger partial charge is 0.418 e. The summed E-state index contributed by atoms with van der Waals surface area (Å²) >= 11 is 0. The van der Waals surface area contributed by atoms with Gasteiger partial charge in [-0.3, -0.25) is 4.79 Å². The number of alkyl halides is 3. The highest BCUT2D eigenvalue weighted by molar-refractivity contribution is 5.94. The monoisotopic (exact) mass is 385 g/mol. The second-order valence-corrected chi connectivity index (χ2v) is 6.21. The smallest absolute Gasteiger partial charge is 0.345 e. The van der Waals surface area contributed by atoms with Gasteiger partial charge in [-0.1, -0.05) is 42.5 Å². The Labute approximate surface area is 160 Å². The van der Waals surface area contributed by atoms with Gasteiger partial charge in [-0.05, 0) is 36.8 Å². The number of pyridine rings is 1. The van der Waals surface area contributed by atoms with Crippen LogP contribution in [0.5, 0.6) is 0 Å². The zero-order valence-corrected chi connectivity index (χ0v) is 15.0. The summed E-state index contributed by atoms with van der Waals surface area (Å²) in [5.74, 6) is -0.101. The van der Waals surface area contributed by atoms with Gasteiger partial charge in [0.05, 0.1) is 22.9 Å². The first-order chi connectivity index (χ1) is 13.3. The molecule has 0 radical (unpaired) electrons. The maximum Gasteiger partial charge on any atom is 0.418 e. The Balaban J connectivity index is 1.70. The van der Waals surface area contributed by atoms with Gasteiger partial charge in [0.25, 0.3) is 5.91 Å². The van der Waals surface area contributed by atoms with E-state index in [0.29, 0.717) is 5.56 Å². The first-order valence-corrected chi connectivity index (χ1v) is 8.59. The summed E-state index contributed by atoms with van der Waals surface area (Å²) < 4.78 is 39.2. The Hall–Kier alpha value is -3.35. The van der Waals surface area contributed by atoms with Crippen LogP contribution in [0.15, 0.2) is 72.9 Å². The van der Waals surface area contributed by atoms with Crippen LogP contribution in [-0.4, -0.2) is 10.9 Å². The SMILES string of the molecule is CC(NC(=O)c1ccc(Nc2ccccc2C(F)(F)F)nc1)c1ccccc1. The van der Waals surface area contributed by atoms with Gasteiger partial charge in [-0.2, -0.15) is 13.2 Å². The van der Waals surface area contributed by atoms with Crippen molar-refractivity contribution in [3.63, 3.8) is 0 Å². The summed E-state index contributed by atoms with van der Waals surface area (Å²) in [5, 5.41) is 5.51. The maximum absolute atomic E-state index is 13.1. The number of nitrogens with one attached hydrogen (secondary N) is 2. The summed E-state index contributed by atoms with van der Waals surface area (Å²) in [6.45, 7) is 1.87. The molecular weight excluding hydrogens is 367 g/mol. The highest BCUT2D eigenvalue weighted by Crippen LogP contribution is 2.35. The van der Waals surface area contributed by atoms with Crippen molar-refractivity contribution in [1.82, 2.24) is 10.3 Å². The van der Waals surface area contributed by atoms with Gasteiger partial charge < -0.3 is 10.6 Å². The summed E-state index contributed by atoms with van der Waals surface area (Å²) in [6, 6.07) is 17.4. The molecule has 2 aromatic carbocycles. The van der Waals surface area contributed by atoms with E-state index in [1.807, 2.05) is 37.3 Å². The molecule has 0 fully saturated rings. The average molecular weight is 385 g/mol. The quantitative estimate of drug-likeness (QED) is 0.624. The predicted octanol–water partition coefficient (Wildman–Crippen LogP) is 5.34.